The number of hydrogen-bond acceptors (Lipinski definition) is 3. The molecule has 2 N–H and O–H groups in total. The first-order valence-corrected chi connectivity index (χ1v) is 8.86. The molecule has 4 nitrogen and oxygen atoms in total. The Balaban J connectivity index is 1.52. The summed E-state index contributed by atoms with van der Waals surface area (Å²) in [6.07, 6.45) is 0. The maximum atomic E-state index is 12.3. The molecule has 1 heterocycles. The zero-order chi connectivity index (χ0) is 18.6. The summed E-state index contributed by atoms with van der Waals surface area (Å²) in [5, 5.41) is 7.35. The average Bonchev–Trinajstić information content (AvgIpc) is 2.69. The maximum Gasteiger partial charge on any atom is 0.193 e. The summed E-state index contributed by atoms with van der Waals surface area (Å²) in [5.74, 6) is 0.537. The number of thiocarbonyl (C=S) groups is 1. The Morgan fingerprint density at radius 1 is 0.778 bits per heavy atom. The van der Waals surface area contributed by atoms with Crippen molar-refractivity contribution < 1.29 is 4.42 Å². The normalized spacial score (nSPS) is 10.5. The molecule has 0 aliphatic carbocycles. The summed E-state index contributed by atoms with van der Waals surface area (Å²) in [6, 6.07) is 26.0. The standard InChI is InChI=1S/C22H16N2O2S/c25-19-14-21(26-20-9-5-4-8-18(19)20)15-10-12-17(13-11-15)24-22(27)23-16-6-2-1-3-7-16/h1-14H,(H2,23,24,27). The highest BCUT2D eigenvalue weighted by atomic mass is 32.1. The lowest BCUT2D eigenvalue weighted by Crippen LogP contribution is -2.18. The fourth-order valence-electron chi connectivity index (χ4n) is 2.78. The van der Waals surface area contributed by atoms with Crippen molar-refractivity contribution in [2.75, 3.05) is 10.6 Å². The van der Waals surface area contributed by atoms with E-state index in [0.29, 0.717) is 21.8 Å². The number of para-hydroxylation sites is 2. The van der Waals surface area contributed by atoms with Gasteiger partial charge in [-0.3, -0.25) is 4.79 Å². The van der Waals surface area contributed by atoms with Crippen LogP contribution in [-0.4, -0.2) is 5.11 Å². The molecule has 0 aliphatic rings. The molecule has 0 fully saturated rings. The minimum atomic E-state index is -0.0534. The van der Waals surface area contributed by atoms with E-state index < -0.39 is 0 Å². The minimum Gasteiger partial charge on any atom is -0.456 e. The molecule has 0 spiro atoms. The fourth-order valence-corrected chi connectivity index (χ4v) is 3.01. The zero-order valence-corrected chi connectivity index (χ0v) is 15.1. The number of benzene rings is 3. The van der Waals surface area contributed by atoms with Gasteiger partial charge in [0.2, 0.25) is 0 Å². The van der Waals surface area contributed by atoms with Gasteiger partial charge in [-0.05, 0) is 60.7 Å². The Morgan fingerprint density at radius 3 is 2.15 bits per heavy atom. The van der Waals surface area contributed by atoms with Crippen LogP contribution < -0.4 is 16.1 Å². The third-order valence-electron chi connectivity index (χ3n) is 4.09. The van der Waals surface area contributed by atoms with Crippen molar-refractivity contribution in [3.8, 4) is 11.3 Å². The number of fused-ring (bicyclic) bond motifs is 1. The highest BCUT2D eigenvalue weighted by molar-refractivity contribution is 7.80. The lowest BCUT2D eigenvalue weighted by atomic mass is 10.1. The molecule has 0 bridgehead atoms. The Hall–Kier alpha value is -3.44. The van der Waals surface area contributed by atoms with Crippen LogP contribution in [0.1, 0.15) is 0 Å². The highest BCUT2D eigenvalue weighted by Crippen LogP contribution is 2.23. The Morgan fingerprint density at radius 2 is 1.41 bits per heavy atom. The Bertz CT molecular complexity index is 1150. The van der Waals surface area contributed by atoms with Crippen molar-refractivity contribution in [2.45, 2.75) is 0 Å². The monoisotopic (exact) mass is 372 g/mol. The molecule has 0 unspecified atom stereocenters. The van der Waals surface area contributed by atoms with Gasteiger partial charge in [0.05, 0.1) is 5.39 Å². The first-order valence-electron chi connectivity index (χ1n) is 8.45. The minimum absolute atomic E-state index is 0.0534. The van der Waals surface area contributed by atoms with Gasteiger partial charge in [0.1, 0.15) is 11.3 Å². The van der Waals surface area contributed by atoms with E-state index in [9.17, 15) is 4.79 Å². The summed E-state index contributed by atoms with van der Waals surface area (Å²) >= 11 is 5.33. The summed E-state index contributed by atoms with van der Waals surface area (Å²) in [5.41, 5.74) is 3.11. The largest absolute Gasteiger partial charge is 0.456 e. The van der Waals surface area contributed by atoms with Gasteiger partial charge >= 0.3 is 0 Å². The van der Waals surface area contributed by atoms with Crippen LogP contribution in [-0.2, 0) is 0 Å². The topological polar surface area (TPSA) is 54.3 Å². The second kappa shape index (κ2) is 7.43. The van der Waals surface area contributed by atoms with Gasteiger partial charge in [0.15, 0.2) is 10.5 Å². The molecule has 1 aromatic heterocycles. The molecule has 0 amide bonds. The van der Waals surface area contributed by atoms with Crippen LogP contribution in [0.3, 0.4) is 0 Å². The van der Waals surface area contributed by atoms with Gasteiger partial charge in [0.25, 0.3) is 0 Å². The van der Waals surface area contributed by atoms with Crippen molar-refractivity contribution in [3.05, 3.63) is 95.2 Å². The molecule has 27 heavy (non-hydrogen) atoms. The van der Waals surface area contributed by atoms with E-state index in [1.165, 1.54) is 6.07 Å². The molecule has 5 heteroatoms. The van der Waals surface area contributed by atoms with Crippen LogP contribution >= 0.6 is 12.2 Å². The average molecular weight is 372 g/mol. The predicted octanol–water partition coefficient (Wildman–Crippen LogP) is 5.27. The molecule has 0 atom stereocenters. The SMILES string of the molecule is O=c1cc(-c2ccc(NC(=S)Nc3ccccc3)cc2)oc2ccccc12. The Labute approximate surface area is 161 Å². The molecule has 0 saturated heterocycles. The van der Waals surface area contributed by atoms with Gasteiger partial charge in [-0.25, -0.2) is 0 Å². The predicted molar refractivity (Wildman–Crippen MR) is 114 cm³/mol. The molecule has 4 aromatic rings. The summed E-state index contributed by atoms with van der Waals surface area (Å²) in [7, 11) is 0. The summed E-state index contributed by atoms with van der Waals surface area (Å²) in [4.78, 5) is 12.3. The summed E-state index contributed by atoms with van der Waals surface area (Å²) < 4.78 is 5.87. The van der Waals surface area contributed by atoms with Gasteiger partial charge in [-0.15, -0.1) is 0 Å². The van der Waals surface area contributed by atoms with E-state index in [0.717, 1.165) is 16.9 Å². The smallest absolute Gasteiger partial charge is 0.193 e. The first kappa shape index (κ1) is 17.0. The molecular formula is C22H16N2O2S. The maximum absolute atomic E-state index is 12.3. The fraction of sp³-hybridized carbons (Fsp3) is 0. The van der Waals surface area contributed by atoms with E-state index in [2.05, 4.69) is 10.6 Å². The molecule has 0 saturated carbocycles. The van der Waals surface area contributed by atoms with Crippen molar-refractivity contribution in [1.82, 2.24) is 0 Å². The second-order valence-electron chi connectivity index (χ2n) is 5.99. The molecule has 0 aliphatic heterocycles. The van der Waals surface area contributed by atoms with E-state index in [1.807, 2.05) is 66.7 Å². The zero-order valence-electron chi connectivity index (χ0n) is 14.3. The molecule has 4 rings (SSSR count). The quantitative estimate of drug-likeness (QED) is 0.480. The Kier molecular flexibility index (Phi) is 4.68. The first-order chi connectivity index (χ1) is 13.2. The van der Waals surface area contributed by atoms with Crippen LogP contribution in [0.4, 0.5) is 11.4 Å². The van der Waals surface area contributed by atoms with Crippen molar-refractivity contribution in [2.24, 2.45) is 0 Å². The third kappa shape index (κ3) is 3.88. The number of rotatable bonds is 3. The van der Waals surface area contributed by atoms with Crippen LogP contribution in [0.2, 0.25) is 0 Å². The molecule has 3 aromatic carbocycles. The number of anilines is 2. The van der Waals surface area contributed by atoms with Gasteiger partial charge in [-0.2, -0.15) is 0 Å². The van der Waals surface area contributed by atoms with Crippen LogP contribution in [0.25, 0.3) is 22.3 Å². The number of nitrogens with one attached hydrogen (secondary N) is 2. The van der Waals surface area contributed by atoms with Crippen LogP contribution in [0, 0.1) is 0 Å². The van der Waals surface area contributed by atoms with E-state index in [1.54, 1.807) is 12.1 Å². The highest BCUT2D eigenvalue weighted by Gasteiger charge is 2.07. The van der Waals surface area contributed by atoms with E-state index in [-0.39, 0.29) is 5.43 Å². The summed E-state index contributed by atoms with van der Waals surface area (Å²) in [6.45, 7) is 0. The lowest BCUT2D eigenvalue weighted by Gasteiger charge is -2.11. The van der Waals surface area contributed by atoms with Crippen molar-refractivity contribution >= 4 is 39.7 Å². The van der Waals surface area contributed by atoms with Crippen molar-refractivity contribution in [1.29, 1.82) is 0 Å². The van der Waals surface area contributed by atoms with Crippen molar-refractivity contribution in [3.63, 3.8) is 0 Å². The van der Waals surface area contributed by atoms with E-state index >= 15 is 0 Å². The third-order valence-corrected chi connectivity index (χ3v) is 4.30. The molecule has 132 valence electrons. The van der Waals surface area contributed by atoms with Gasteiger partial charge in [0, 0.05) is 23.0 Å². The lowest BCUT2D eigenvalue weighted by molar-refractivity contribution is 0.619. The van der Waals surface area contributed by atoms with E-state index in [4.69, 9.17) is 16.6 Å². The second-order valence-corrected chi connectivity index (χ2v) is 6.40. The van der Waals surface area contributed by atoms with Crippen LogP contribution in [0.15, 0.2) is 94.1 Å². The van der Waals surface area contributed by atoms with Crippen LogP contribution in [0.5, 0.6) is 0 Å². The molecule has 0 radical (unpaired) electrons. The van der Waals surface area contributed by atoms with Gasteiger partial charge in [-0.1, -0.05) is 30.3 Å². The van der Waals surface area contributed by atoms with Gasteiger partial charge < -0.3 is 15.1 Å². The molecular weight excluding hydrogens is 356 g/mol. The number of hydrogen-bond donors (Lipinski definition) is 2.